The molecule has 0 radical (unpaired) electrons. The fourth-order valence-electron chi connectivity index (χ4n) is 1.77. The van der Waals surface area contributed by atoms with Crippen molar-refractivity contribution in [3.63, 3.8) is 0 Å². The van der Waals surface area contributed by atoms with Gasteiger partial charge in [-0.3, -0.25) is 0 Å². The highest BCUT2D eigenvalue weighted by Crippen LogP contribution is 2.32. The zero-order valence-corrected chi connectivity index (χ0v) is 9.91. The van der Waals surface area contributed by atoms with Crippen LogP contribution in [0, 0.1) is 17.5 Å². The van der Waals surface area contributed by atoms with Gasteiger partial charge in [-0.05, 0) is 11.6 Å². The molecule has 0 aliphatic heterocycles. The molecule has 2 nitrogen and oxygen atoms in total. The molecule has 6 heteroatoms. The number of alkyl halides is 1. The van der Waals surface area contributed by atoms with E-state index in [1.807, 2.05) is 0 Å². The molecule has 20 heavy (non-hydrogen) atoms. The Balaban J connectivity index is 2.68. The summed E-state index contributed by atoms with van der Waals surface area (Å²) in [5.41, 5.74) is -1.26. The second-order valence-electron chi connectivity index (χ2n) is 4.02. The van der Waals surface area contributed by atoms with Gasteiger partial charge in [-0.25, -0.2) is 22.4 Å². The van der Waals surface area contributed by atoms with Gasteiger partial charge in [0.25, 0.3) is 0 Å². The lowest BCUT2D eigenvalue weighted by Gasteiger charge is -2.11. The normalized spacial score (nSPS) is 12.2. The van der Waals surface area contributed by atoms with E-state index < -0.39 is 40.7 Å². The van der Waals surface area contributed by atoms with Crippen molar-refractivity contribution in [3.05, 3.63) is 59.4 Å². The molecule has 0 aliphatic carbocycles. The lowest BCUT2D eigenvalue weighted by Crippen LogP contribution is -2.11. The van der Waals surface area contributed by atoms with Crippen LogP contribution in [0.1, 0.15) is 11.7 Å². The molecule has 0 spiro atoms. The van der Waals surface area contributed by atoms with Crippen LogP contribution in [-0.4, -0.2) is 11.1 Å². The van der Waals surface area contributed by atoms with Gasteiger partial charge in [-0.1, -0.05) is 30.3 Å². The number of hydrogen-bond donors (Lipinski definition) is 1. The second-order valence-corrected chi connectivity index (χ2v) is 4.02. The van der Waals surface area contributed by atoms with Gasteiger partial charge < -0.3 is 5.11 Å². The Kier molecular flexibility index (Phi) is 3.74. The standard InChI is InChI=1S/C14H8F4O2/c15-10-8(7-4-2-1-3-5-7)6-9(11(16)13(10)18)12(17)14(19)20/h1-6,12H,(H,19,20). The third-order valence-corrected chi connectivity index (χ3v) is 2.75. The molecule has 0 amide bonds. The molecule has 0 heterocycles. The molecule has 0 aliphatic rings. The van der Waals surface area contributed by atoms with E-state index in [4.69, 9.17) is 5.11 Å². The zero-order chi connectivity index (χ0) is 14.9. The summed E-state index contributed by atoms with van der Waals surface area (Å²) >= 11 is 0. The molecule has 1 atom stereocenters. The molecule has 104 valence electrons. The zero-order valence-electron chi connectivity index (χ0n) is 9.91. The highest BCUT2D eigenvalue weighted by Gasteiger charge is 2.28. The lowest BCUT2D eigenvalue weighted by molar-refractivity contribution is -0.143. The van der Waals surface area contributed by atoms with E-state index in [2.05, 4.69) is 0 Å². The van der Waals surface area contributed by atoms with Crippen LogP contribution in [0.2, 0.25) is 0 Å². The Morgan fingerprint density at radius 3 is 2.15 bits per heavy atom. The van der Waals surface area contributed by atoms with Crippen LogP contribution in [0.4, 0.5) is 17.6 Å². The summed E-state index contributed by atoms with van der Waals surface area (Å²) in [5, 5.41) is 8.52. The van der Waals surface area contributed by atoms with Gasteiger partial charge in [0.2, 0.25) is 6.17 Å². The third kappa shape index (κ3) is 2.36. The van der Waals surface area contributed by atoms with Gasteiger partial charge in [0.15, 0.2) is 17.5 Å². The van der Waals surface area contributed by atoms with Crippen molar-refractivity contribution >= 4 is 5.97 Å². The number of benzene rings is 2. The van der Waals surface area contributed by atoms with Crippen molar-refractivity contribution in [2.45, 2.75) is 6.17 Å². The largest absolute Gasteiger partial charge is 0.479 e. The van der Waals surface area contributed by atoms with Crippen LogP contribution in [0.25, 0.3) is 11.1 Å². The number of rotatable bonds is 3. The molecular weight excluding hydrogens is 276 g/mol. The summed E-state index contributed by atoms with van der Waals surface area (Å²) in [4.78, 5) is 10.5. The summed E-state index contributed by atoms with van der Waals surface area (Å²) in [7, 11) is 0. The van der Waals surface area contributed by atoms with Gasteiger partial charge in [-0.2, -0.15) is 0 Å². The topological polar surface area (TPSA) is 37.3 Å². The molecular formula is C14H8F4O2. The Morgan fingerprint density at radius 2 is 1.60 bits per heavy atom. The molecule has 1 N–H and O–H groups in total. The molecule has 2 aromatic rings. The van der Waals surface area contributed by atoms with E-state index in [0.717, 1.165) is 0 Å². The maximum absolute atomic E-state index is 13.7. The Hall–Kier alpha value is -2.37. The van der Waals surface area contributed by atoms with Crippen LogP contribution in [0.15, 0.2) is 36.4 Å². The van der Waals surface area contributed by atoms with E-state index in [-0.39, 0.29) is 5.56 Å². The number of aliphatic carboxylic acids is 1. The Bertz CT molecular complexity index is 656. The van der Waals surface area contributed by atoms with Crippen molar-refractivity contribution in [3.8, 4) is 11.1 Å². The van der Waals surface area contributed by atoms with Gasteiger partial charge in [0.05, 0.1) is 0 Å². The Morgan fingerprint density at radius 1 is 1.00 bits per heavy atom. The number of halogens is 4. The first-order chi connectivity index (χ1) is 9.43. The predicted octanol–water partition coefficient (Wildman–Crippen LogP) is 3.87. The van der Waals surface area contributed by atoms with Crippen LogP contribution in [-0.2, 0) is 4.79 Å². The maximum atomic E-state index is 13.7. The van der Waals surface area contributed by atoms with Crippen molar-refractivity contribution < 1.29 is 27.5 Å². The average molecular weight is 284 g/mol. The second kappa shape index (κ2) is 5.32. The first-order valence-electron chi connectivity index (χ1n) is 5.53. The fourth-order valence-corrected chi connectivity index (χ4v) is 1.77. The Labute approximate surface area is 111 Å². The van der Waals surface area contributed by atoms with Crippen LogP contribution < -0.4 is 0 Å². The maximum Gasteiger partial charge on any atom is 0.343 e. The molecule has 0 fully saturated rings. The van der Waals surface area contributed by atoms with Crippen LogP contribution >= 0.6 is 0 Å². The number of carboxylic acid groups (broad SMARTS) is 1. The molecule has 2 aromatic carbocycles. The summed E-state index contributed by atoms with van der Waals surface area (Å²) in [5.74, 6) is -7.20. The minimum atomic E-state index is -2.77. The van der Waals surface area contributed by atoms with E-state index in [1.54, 1.807) is 6.07 Å². The summed E-state index contributed by atoms with van der Waals surface area (Å²) in [6.45, 7) is 0. The first kappa shape index (κ1) is 14.0. The molecule has 0 aromatic heterocycles. The smallest absolute Gasteiger partial charge is 0.343 e. The van der Waals surface area contributed by atoms with Gasteiger partial charge in [0.1, 0.15) is 0 Å². The quantitative estimate of drug-likeness (QED) is 0.686. The molecule has 0 bridgehead atoms. The minimum Gasteiger partial charge on any atom is -0.479 e. The highest BCUT2D eigenvalue weighted by molar-refractivity contribution is 5.76. The molecule has 0 saturated heterocycles. The van der Waals surface area contributed by atoms with Crippen LogP contribution in [0.3, 0.4) is 0 Å². The number of carboxylic acids is 1. The predicted molar refractivity (Wildman–Crippen MR) is 63.2 cm³/mol. The SMILES string of the molecule is O=C(O)C(F)c1cc(-c2ccccc2)c(F)c(F)c1F. The molecule has 2 rings (SSSR count). The summed E-state index contributed by atoms with van der Waals surface area (Å²) in [6, 6.07) is 8.17. The van der Waals surface area contributed by atoms with Crippen molar-refractivity contribution in [1.82, 2.24) is 0 Å². The minimum absolute atomic E-state index is 0.183. The third-order valence-electron chi connectivity index (χ3n) is 2.75. The molecule has 1 unspecified atom stereocenters. The van der Waals surface area contributed by atoms with Gasteiger partial charge in [0, 0.05) is 11.1 Å². The lowest BCUT2D eigenvalue weighted by atomic mass is 9.99. The van der Waals surface area contributed by atoms with E-state index in [0.29, 0.717) is 6.07 Å². The van der Waals surface area contributed by atoms with E-state index in [1.165, 1.54) is 24.3 Å². The van der Waals surface area contributed by atoms with Crippen molar-refractivity contribution in [2.24, 2.45) is 0 Å². The number of hydrogen-bond acceptors (Lipinski definition) is 1. The van der Waals surface area contributed by atoms with E-state index >= 15 is 0 Å². The van der Waals surface area contributed by atoms with Crippen LogP contribution in [0.5, 0.6) is 0 Å². The van der Waals surface area contributed by atoms with E-state index in [9.17, 15) is 22.4 Å². The van der Waals surface area contributed by atoms with Crippen molar-refractivity contribution in [1.29, 1.82) is 0 Å². The van der Waals surface area contributed by atoms with Crippen molar-refractivity contribution in [2.75, 3.05) is 0 Å². The fraction of sp³-hybridized carbons (Fsp3) is 0.0714. The monoisotopic (exact) mass is 284 g/mol. The first-order valence-corrected chi connectivity index (χ1v) is 5.53. The summed E-state index contributed by atoms with van der Waals surface area (Å²) in [6.07, 6.45) is -2.77. The molecule has 0 saturated carbocycles. The number of carbonyl (C=O) groups is 1. The van der Waals surface area contributed by atoms with Gasteiger partial charge in [-0.15, -0.1) is 0 Å². The summed E-state index contributed by atoms with van der Waals surface area (Å²) < 4.78 is 54.0. The highest BCUT2D eigenvalue weighted by atomic mass is 19.2. The average Bonchev–Trinajstić information content (AvgIpc) is 2.45. The van der Waals surface area contributed by atoms with Gasteiger partial charge >= 0.3 is 5.97 Å².